The van der Waals surface area contributed by atoms with Gasteiger partial charge in [0.15, 0.2) is 7.28 Å². The minimum atomic E-state index is 0.242. The summed E-state index contributed by atoms with van der Waals surface area (Å²) >= 11 is 0. The van der Waals surface area contributed by atoms with Crippen LogP contribution in [-0.4, -0.2) is 36.4 Å². The van der Waals surface area contributed by atoms with Crippen molar-refractivity contribution in [3.05, 3.63) is 48.7 Å². The average Bonchev–Trinajstić information content (AvgIpc) is 3.15. The number of ether oxygens (including phenoxy) is 1. The van der Waals surface area contributed by atoms with Crippen molar-refractivity contribution in [2.45, 2.75) is 19.3 Å². The van der Waals surface area contributed by atoms with Gasteiger partial charge in [-0.15, -0.1) is 0 Å². The van der Waals surface area contributed by atoms with E-state index in [4.69, 9.17) is 4.74 Å². The maximum Gasteiger partial charge on any atom is 0.227 e. The molecule has 0 aliphatic carbocycles. The summed E-state index contributed by atoms with van der Waals surface area (Å²) in [5.41, 5.74) is 3.07. The number of fused-ring (bicyclic) bond motifs is 1. The summed E-state index contributed by atoms with van der Waals surface area (Å²) in [5, 5.41) is 7.62. The molecule has 5 nitrogen and oxygen atoms in total. The standard InChI is InChI=1S/C19H21BN4O/c1-20-16-9-13-11-22-19(23-14-5-3-2-4-6-14)24-17(13)10-18(16)25-15-7-8-21-12-15/h2-6,9-11,15,20-21H,7-8,12H2,1H3,(H,22,23,24)/t15-/m1/s1. The first-order valence-electron chi connectivity index (χ1n) is 8.81. The number of nitrogens with one attached hydrogen (secondary N) is 2. The summed E-state index contributed by atoms with van der Waals surface area (Å²) in [6, 6.07) is 14.1. The third-order valence-corrected chi connectivity index (χ3v) is 4.48. The first kappa shape index (κ1) is 15.9. The summed E-state index contributed by atoms with van der Waals surface area (Å²) in [6.07, 6.45) is 3.16. The molecule has 1 aliphatic rings. The molecule has 0 bridgehead atoms. The molecular weight excluding hydrogens is 311 g/mol. The topological polar surface area (TPSA) is 59.1 Å². The van der Waals surface area contributed by atoms with Crippen LogP contribution in [0.1, 0.15) is 6.42 Å². The first-order chi connectivity index (χ1) is 12.3. The van der Waals surface area contributed by atoms with Crippen molar-refractivity contribution in [1.82, 2.24) is 15.3 Å². The molecule has 1 atom stereocenters. The number of aromatic nitrogens is 2. The molecule has 2 N–H and O–H groups in total. The minimum Gasteiger partial charge on any atom is -0.490 e. The number of benzene rings is 2. The maximum atomic E-state index is 6.22. The number of hydrogen-bond donors (Lipinski definition) is 2. The zero-order chi connectivity index (χ0) is 17.1. The highest BCUT2D eigenvalue weighted by atomic mass is 16.5. The number of anilines is 2. The molecule has 0 radical (unpaired) electrons. The van der Waals surface area contributed by atoms with E-state index in [1.165, 1.54) is 5.46 Å². The fraction of sp³-hybridized carbons (Fsp3) is 0.263. The van der Waals surface area contributed by atoms with E-state index in [9.17, 15) is 0 Å². The fourth-order valence-corrected chi connectivity index (χ4v) is 3.11. The highest BCUT2D eigenvalue weighted by Crippen LogP contribution is 2.21. The molecule has 3 aromatic rings. The molecule has 0 unspecified atom stereocenters. The summed E-state index contributed by atoms with van der Waals surface area (Å²) in [5.74, 6) is 1.53. The zero-order valence-electron chi connectivity index (χ0n) is 14.3. The van der Waals surface area contributed by atoms with Gasteiger partial charge in [0, 0.05) is 29.9 Å². The van der Waals surface area contributed by atoms with Gasteiger partial charge in [0.05, 0.1) is 5.52 Å². The van der Waals surface area contributed by atoms with Crippen LogP contribution in [0, 0.1) is 0 Å². The van der Waals surface area contributed by atoms with Crippen LogP contribution in [0.4, 0.5) is 11.6 Å². The zero-order valence-corrected chi connectivity index (χ0v) is 14.3. The Bertz CT molecular complexity index is 866. The molecule has 4 rings (SSSR count). The van der Waals surface area contributed by atoms with Gasteiger partial charge in [0.2, 0.25) is 5.95 Å². The number of para-hydroxylation sites is 1. The van der Waals surface area contributed by atoms with E-state index < -0.39 is 0 Å². The Morgan fingerprint density at radius 1 is 1.24 bits per heavy atom. The van der Waals surface area contributed by atoms with Crippen molar-refractivity contribution in [1.29, 1.82) is 0 Å². The van der Waals surface area contributed by atoms with E-state index in [0.29, 0.717) is 5.95 Å². The smallest absolute Gasteiger partial charge is 0.227 e. The van der Waals surface area contributed by atoms with Gasteiger partial charge in [0.1, 0.15) is 11.9 Å². The van der Waals surface area contributed by atoms with Gasteiger partial charge in [-0.1, -0.05) is 31.1 Å². The highest BCUT2D eigenvalue weighted by molar-refractivity contribution is 6.53. The summed E-state index contributed by atoms with van der Waals surface area (Å²) in [6.45, 7) is 4.08. The Labute approximate surface area is 148 Å². The van der Waals surface area contributed by atoms with Gasteiger partial charge in [-0.05, 0) is 30.6 Å². The van der Waals surface area contributed by atoms with Crippen LogP contribution < -0.4 is 20.8 Å². The number of nitrogens with zero attached hydrogens (tertiary/aromatic N) is 2. The van der Waals surface area contributed by atoms with Gasteiger partial charge in [-0.25, -0.2) is 9.97 Å². The van der Waals surface area contributed by atoms with Gasteiger partial charge in [-0.3, -0.25) is 0 Å². The molecule has 1 aliphatic heterocycles. The Balaban J connectivity index is 1.65. The van der Waals surface area contributed by atoms with Gasteiger partial charge < -0.3 is 15.4 Å². The predicted octanol–water partition coefficient (Wildman–Crippen LogP) is 2.22. The highest BCUT2D eigenvalue weighted by Gasteiger charge is 2.18. The van der Waals surface area contributed by atoms with Crippen molar-refractivity contribution >= 4 is 35.3 Å². The molecule has 126 valence electrons. The van der Waals surface area contributed by atoms with Crippen LogP contribution in [0.15, 0.2) is 48.7 Å². The lowest BCUT2D eigenvalue weighted by Gasteiger charge is -2.16. The molecule has 6 heteroatoms. The third-order valence-electron chi connectivity index (χ3n) is 4.48. The largest absolute Gasteiger partial charge is 0.490 e. The van der Waals surface area contributed by atoms with Crippen LogP contribution in [-0.2, 0) is 0 Å². The lowest BCUT2D eigenvalue weighted by molar-refractivity contribution is 0.225. The van der Waals surface area contributed by atoms with Crippen molar-refractivity contribution in [2.24, 2.45) is 0 Å². The van der Waals surface area contributed by atoms with E-state index in [2.05, 4.69) is 33.5 Å². The average molecular weight is 332 g/mol. The summed E-state index contributed by atoms with van der Waals surface area (Å²) < 4.78 is 6.22. The summed E-state index contributed by atoms with van der Waals surface area (Å²) in [4.78, 5) is 9.10. The molecular formula is C19H21BN4O. The van der Waals surface area contributed by atoms with Gasteiger partial charge in [-0.2, -0.15) is 0 Å². The Kier molecular flexibility index (Phi) is 4.52. The predicted molar refractivity (Wildman–Crippen MR) is 104 cm³/mol. The molecule has 1 aromatic heterocycles. The van der Waals surface area contributed by atoms with Crippen LogP contribution in [0.25, 0.3) is 10.9 Å². The SMILES string of the molecule is CBc1cc2cnc(Nc3ccccc3)nc2cc1O[C@@H]1CCNC1. The van der Waals surface area contributed by atoms with Crippen LogP contribution in [0.2, 0.25) is 6.82 Å². The molecule has 0 spiro atoms. The van der Waals surface area contributed by atoms with E-state index >= 15 is 0 Å². The molecule has 1 saturated heterocycles. The van der Waals surface area contributed by atoms with Gasteiger partial charge >= 0.3 is 0 Å². The second-order valence-electron chi connectivity index (χ2n) is 6.29. The van der Waals surface area contributed by atoms with Crippen LogP contribution >= 0.6 is 0 Å². The van der Waals surface area contributed by atoms with Crippen LogP contribution in [0.3, 0.4) is 0 Å². The van der Waals surface area contributed by atoms with E-state index in [0.717, 1.165) is 49.1 Å². The quantitative estimate of drug-likeness (QED) is 0.702. The third kappa shape index (κ3) is 3.59. The molecule has 25 heavy (non-hydrogen) atoms. The van der Waals surface area contributed by atoms with Crippen LogP contribution in [0.5, 0.6) is 5.75 Å². The van der Waals surface area contributed by atoms with Crippen molar-refractivity contribution in [3.63, 3.8) is 0 Å². The Morgan fingerprint density at radius 2 is 2.12 bits per heavy atom. The molecule has 0 amide bonds. The Hall–Kier alpha value is -2.60. The van der Waals surface area contributed by atoms with Gasteiger partial charge in [0.25, 0.3) is 0 Å². The normalized spacial score (nSPS) is 16.8. The lowest BCUT2D eigenvalue weighted by atomic mass is 9.72. The second kappa shape index (κ2) is 7.11. The van der Waals surface area contributed by atoms with E-state index in [-0.39, 0.29) is 6.10 Å². The van der Waals surface area contributed by atoms with E-state index in [1.54, 1.807) is 0 Å². The van der Waals surface area contributed by atoms with E-state index in [1.807, 2.05) is 42.6 Å². The van der Waals surface area contributed by atoms with Crippen molar-refractivity contribution in [3.8, 4) is 5.75 Å². The monoisotopic (exact) mass is 332 g/mol. The maximum absolute atomic E-state index is 6.22. The number of rotatable bonds is 5. The number of hydrogen-bond acceptors (Lipinski definition) is 5. The fourth-order valence-electron chi connectivity index (χ4n) is 3.11. The first-order valence-corrected chi connectivity index (χ1v) is 8.81. The molecule has 0 saturated carbocycles. The molecule has 1 fully saturated rings. The minimum absolute atomic E-state index is 0.242. The lowest BCUT2D eigenvalue weighted by Crippen LogP contribution is -2.24. The molecule has 2 aromatic carbocycles. The second-order valence-corrected chi connectivity index (χ2v) is 6.29. The van der Waals surface area contributed by atoms with Crippen molar-refractivity contribution < 1.29 is 4.74 Å². The molecule has 2 heterocycles. The Morgan fingerprint density at radius 3 is 2.88 bits per heavy atom. The summed E-state index contributed by atoms with van der Waals surface area (Å²) in [7, 11) is 0.926. The van der Waals surface area contributed by atoms with Crippen molar-refractivity contribution in [2.75, 3.05) is 18.4 Å².